The molecule has 0 saturated heterocycles. The van der Waals surface area contributed by atoms with Gasteiger partial charge in [0.1, 0.15) is 0 Å². The fraction of sp³-hybridized carbons (Fsp3) is 0.857. The van der Waals surface area contributed by atoms with E-state index in [4.69, 9.17) is 0 Å². The molecule has 60 valence electrons. The molecule has 0 aliphatic heterocycles. The van der Waals surface area contributed by atoms with Crippen molar-refractivity contribution in [2.24, 2.45) is 0 Å². The summed E-state index contributed by atoms with van der Waals surface area (Å²) in [6.07, 6.45) is 0.609. The minimum absolute atomic E-state index is 0.235. The summed E-state index contributed by atoms with van der Waals surface area (Å²) < 4.78 is 0. The number of ketones is 1. The van der Waals surface area contributed by atoms with E-state index in [2.05, 4.69) is 35.2 Å². The van der Waals surface area contributed by atoms with Crippen molar-refractivity contribution < 1.29 is 4.79 Å². The third-order valence-corrected chi connectivity index (χ3v) is 1.70. The van der Waals surface area contributed by atoms with E-state index in [0.29, 0.717) is 12.5 Å². The molecular formula is C7H15NOSe. The fourth-order valence-corrected chi connectivity index (χ4v) is 1.88. The Kier molecular flexibility index (Phi) is 4.96. The topological polar surface area (TPSA) is 29.1 Å². The van der Waals surface area contributed by atoms with E-state index >= 15 is 0 Å². The van der Waals surface area contributed by atoms with Crippen LogP contribution in [0.15, 0.2) is 0 Å². The molecule has 3 heteroatoms. The Bertz CT molecular complexity index is 114. The summed E-state index contributed by atoms with van der Waals surface area (Å²) in [4.78, 5) is 10.8. The summed E-state index contributed by atoms with van der Waals surface area (Å²) in [5.41, 5.74) is 0. The molecule has 1 atom stereocenters. The van der Waals surface area contributed by atoms with Gasteiger partial charge in [-0.25, -0.2) is 0 Å². The van der Waals surface area contributed by atoms with E-state index in [1.54, 1.807) is 6.92 Å². The fourth-order valence-electron chi connectivity index (χ4n) is 0.716. The minimum atomic E-state index is 0.235. The van der Waals surface area contributed by atoms with Gasteiger partial charge in [0.2, 0.25) is 0 Å². The molecule has 0 spiro atoms. The predicted octanol–water partition coefficient (Wildman–Crippen LogP) is 0.190. The zero-order valence-electron chi connectivity index (χ0n) is 6.72. The molecule has 0 rings (SSSR count). The molecule has 0 aromatic carbocycles. The molecular weight excluding hydrogens is 193 g/mol. The maximum absolute atomic E-state index is 10.6. The van der Waals surface area contributed by atoms with Gasteiger partial charge < -0.3 is 0 Å². The van der Waals surface area contributed by atoms with E-state index < -0.39 is 0 Å². The Morgan fingerprint density at radius 3 is 2.40 bits per heavy atom. The van der Waals surface area contributed by atoms with Gasteiger partial charge in [-0.2, -0.15) is 0 Å². The van der Waals surface area contributed by atoms with Gasteiger partial charge in [0.05, 0.1) is 0 Å². The molecule has 0 fully saturated rings. The average molecular weight is 208 g/mol. The Morgan fingerprint density at radius 1 is 1.60 bits per heavy atom. The van der Waals surface area contributed by atoms with Crippen molar-refractivity contribution in [1.29, 1.82) is 0 Å². The Balaban J connectivity index is 3.43. The van der Waals surface area contributed by atoms with Gasteiger partial charge in [-0.3, -0.25) is 0 Å². The third-order valence-electron chi connectivity index (χ3n) is 1.01. The van der Waals surface area contributed by atoms with Gasteiger partial charge in [0.25, 0.3) is 0 Å². The number of hydrogen-bond donors (Lipinski definition) is 1. The number of carbonyl (C=O) groups is 1. The molecule has 0 aliphatic carbocycles. The Morgan fingerprint density at radius 2 is 2.10 bits per heavy atom. The van der Waals surface area contributed by atoms with Crippen molar-refractivity contribution in [2.75, 3.05) is 0 Å². The van der Waals surface area contributed by atoms with Crippen LogP contribution in [0.5, 0.6) is 0 Å². The second-order valence-electron chi connectivity index (χ2n) is 2.74. The monoisotopic (exact) mass is 209 g/mol. The molecule has 0 aliphatic rings. The predicted molar refractivity (Wildman–Crippen MR) is 44.5 cm³/mol. The van der Waals surface area contributed by atoms with Crippen LogP contribution in [0.25, 0.3) is 0 Å². The molecule has 0 amide bonds. The SMILES string of the molecule is CC(=O)CC([SeH])NC(C)C. The summed E-state index contributed by atoms with van der Waals surface area (Å²) >= 11 is 2.47. The van der Waals surface area contributed by atoms with Crippen LogP contribution in [0.1, 0.15) is 27.2 Å². The van der Waals surface area contributed by atoms with E-state index in [1.165, 1.54) is 0 Å². The van der Waals surface area contributed by atoms with Crippen LogP contribution in [0.4, 0.5) is 0 Å². The van der Waals surface area contributed by atoms with Gasteiger partial charge >= 0.3 is 70.1 Å². The normalized spacial score (nSPS) is 13.7. The summed E-state index contributed by atoms with van der Waals surface area (Å²) in [6.45, 7) is 5.75. The van der Waals surface area contributed by atoms with Crippen molar-refractivity contribution in [3.63, 3.8) is 0 Å². The molecule has 1 unspecified atom stereocenters. The van der Waals surface area contributed by atoms with Crippen LogP contribution in [0.3, 0.4) is 0 Å². The van der Waals surface area contributed by atoms with Gasteiger partial charge in [0, 0.05) is 0 Å². The van der Waals surface area contributed by atoms with Crippen molar-refractivity contribution in [3.05, 3.63) is 0 Å². The van der Waals surface area contributed by atoms with E-state index in [1.807, 2.05) is 0 Å². The van der Waals surface area contributed by atoms with Gasteiger partial charge in [-0.15, -0.1) is 0 Å². The molecule has 10 heavy (non-hydrogen) atoms. The average Bonchev–Trinajstić information content (AvgIpc) is 1.58. The summed E-state index contributed by atoms with van der Waals surface area (Å²) in [5, 5.41) is 3.23. The Hall–Kier alpha value is 0.149. The molecule has 0 radical (unpaired) electrons. The van der Waals surface area contributed by atoms with Gasteiger partial charge in [-0.1, -0.05) is 0 Å². The second-order valence-corrected chi connectivity index (χ2v) is 4.05. The second kappa shape index (κ2) is 4.89. The molecule has 0 bridgehead atoms. The first-order valence-electron chi connectivity index (χ1n) is 3.46. The first-order chi connectivity index (χ1) is 4.52. The van der Waals surface area contributed by atoms with Gasteiger partial charge in [-0.05, 0) is 0 Å². The molecule has 0 saturated carbocycles. The first kappa shape index (κ1) is 10.1. The first-order valence-corrected chi connectivity index (χ1v) is 4.54. The maximum atomic E-state index is 10.6. The molecule has 1 N–H and O–H groups in total. The number of Topliss-reactive ketones (excluding diaryl/α,β-unsaturated/α-hetero) is 1. The molecule has 2 nitrogen and oxygen atoms in total. The number of carbonyl (C=O) groups excluding carboxylic acids is 1. The summed E-state index contributed by atoms with van der Waals surface area (Å²) in [7, 11) is 0. The summed E-state index contributed by atoms with van der Waals surface area (Å²) in [5.74, 6) is 0.235. The Labute approximate surface area is 70.6 Å². The quantitative estimate of drug-likeness (QED) is 0.668. The number of hydrogen-bond acceptors (Lipinski definition) is 2. The van der Waals surface area contributed by atoms with Crippen LogP contribution >= 0.6 is 0 Å². The summed E-state index contributed by atoms with van der Waals surface area (Å²) in [6, 6.07) is 0.451. The molecule has 0 aromatic rings. The number of rotatable bonds is 4. The van der Waals surface area contributed by atoms with Crippen molar-refractivity contribution >= 4 is 21.8 Å². The van der Waals surface area contributed by atoms with Crippen molar-refractivity contribution in [3.8, 4) is 0 Å². The van der Waals surface area contributed by atoms with E-state index in [0.717, 1.165) is 0 Å². The van der Waals surface area contributed by atoms with Crippen molar-refractivity contribution in [2.45, 2.75) is 38.2 Å². The van der Waals surface area contributed by atoms with Crippen molar-refractivity contribution in [1.82, 2.24) is 5.32 Å². The van der Waals surface area contributed by atoms with E-state index in [9.17, 15) is 4.79 Å². The van der Waals surface area contributed by atoms with Crippen LogP contribution < -0.4 is 5.32 Å². The zero-order valence-corrected chi connectivity index (χ0v) is 8.59. The van der Waals surface area contributed by atoms with Gasteiger partial charge in [0.15, 0.2) is 0 Å². The zero-order chi connectivity index (χ0) is 8.15. The molecule has 0 heterocycles. The standard InChI is InChI=1S/C7H15NOSe/c1-5(2)8-7(10)4-6(3)9/h5,7-8,10H,4H2,1-3H3. The number of nitrogens with one attached hydrogen (secondary N) is 1. The molecule has 0 aromatic heterocycles. The van der Waals surface area contributed by atoms with Crippen LogP contribution in [0.2, 0.25) is 0 Å². The van der Waals surface area contributed by atoms with Crippen LogP contribution in [0, 0.1) is 0 Å². The van der Waals surface area contributed by atoms with Crippen LogP contribution in [-0.4, -0.2) is 32.8 Å². The third kappa shape index (κ3) is 6.27. The van der Waals surface area contributed by atoms with E-state index in [-0.39, 0.29) is 10.7 Å². The van der Waals surface area contributed by atoms with Crippen LogP contribution in [-0.2, 0) is 4.79 Å².